The fourth-order valence-corrected chi connectivity index (χ4v) is 6.03. The van der Waals surface area contributed by atoms with E-state index in [4.69, 9.17) is 0 Å². The SMILES string of the molecule is CCSc1nnc(N2C(=O)C[C@H](c3cccc([N+](=O)[O-])c3)C3=C2CC(C)(C)CC3=O)s1. The zero-order chi connectivity index (χ0) is 22.3. The van der Waals surface area contributed by atoms with Crippen molar-refractivity contribution < 1.29 is 14.5 Å². The number of carbonyl (C=O) groups excluding carboxylic acids is 2. The smallest absolute Gasteiger partial charge is 0.269 e. The maximum Gasteiger partial charge on any atom is 0.269 e. The van der Waals surface area contributed by atoms with Crippen LogP contribution in [0.2, 0.25) is 0 Å². The van der Waals surface area contributed by atoms with Crippen molar-refractivity contribution >= 4 is 45.6 Å². The summed E-state index contributed by atoms with van der Waals surface area (Å²) in [5.41, 5.74) is 1.48. The Balaban J connectivity index is 1.85. The largest absolute Gasteiger partial charge is 0.294 e. The molecule has 1 atom stereocenters. The number of nitro benzene ring substituents is 1. The lowest BCUT2D eigenvalue weighted by atomic mass is 9.69. The zero-order valence-corrected chi connectivity index (χ0v) is 19.1. The average molecular weight is 459 g/mol. The van der Waals surface area contributed by atoms with Crippen molar-refractivity contribution in [1.82, 2.24) is 10.2 Å². The molecule has 4 rings (SSSR count). The first-order valence-corrected chi connectivity index (χ1v) is 11.8. The van der Waals surface area contributed by atoms with Gasteiger partial charge in [-0.15, -0.1) is 10.2 Å². The summed E-state index contributed by atoms with van der Waals surface area (Å²) < 4.78 is 0.773. The number of Topliss-reactive ketones (excluding diaryl/α,β-unsaturated/α-hetero) is 1. The summed E-state index contributed by atoms with van der Waals surface area (Å²) in [5, 5.41) is 20.1. The van der Waals surface area contributed by atoms with E-state index in [-0.39, 0.29) is 29.2 Å². The van der Waals surface area contributed by atoms with Crippen LogP contribution in [0.3, 0.4) is 0 Å². The molecule has 2 heterocycles. The number of benzene rings is 1. The minimum Gasteiger partial charge on any atom is -0.294 e. The Hall–Kier alpha value is -2.59. The molecule has 0 saturated heterocycles. The second-order valence-corrected chi connectivity index (χ2v) is 10.9. The van der Waals surface area contributed by atoms with Crippen molar-refractivity contribution in [1.29, 1.82) is 0 Å². The molecule has 0 bridgehead atoms. The number of ketones is 1. The summed E-state index contributed by atoms with van der Waals surface area (Å²) in [6.45, 7) is 6.03. The summed E-state index contributed by atoms with van der Waals surface area (Å²) in [4.78, 5) is 38.9. The Labute approximate surface area is 187 Å². The van der Waals surface area contributed by atoms with Crippen molar-refractivity contribution in [3.05, 3.63) is 51.2 Å². The van der Waals surface area contributed by atoms with Gasteiger partial charge < -0.3 is 0 Å². The number of hydrogen-bond acceptors (Lipinski definition) is 8. The molecule has 162 valence electrons. The maximum absolute atomic E-state index is 13.3. The second-order valence-electron chi connectivity index (χ2n) is 8.42. The van der Waals surface area contributed by atoms with E-state index in [9.17, 15) is 19.7 Å². The summed E-state index contributed by atoms with van der Waals surface area (Å²) in [7, 11) is 0. The highest BCUT2D eigenvalue weighted by atomic mass is 32.2. The van der Waals surface area contributed by atoms with Gasteiger partial charge in [0.2, 0.25) is 11.0 Å². The van der Waals surface area contributed by atoms with E-state index in [0.29, 0.717) is 34.8 Å². The van der Waals surface area contributed by atoms with Crippen molar-refractivity contribution in [2.45, 2.75) is 50.3 Å². The van der Waals surface area contributed by atoms with Gasteiger partial charge >= 0.3 is 0 Å². The van der Waals surface area contributed by atoms with E-state index in [0.717, 1.165) is 10.1 Å². The van der Waals surface area contributed by atoms with Gasteiger partial charge in [-0.1, -0.05) is 56.0 Å². The lowest BCUT2D eigenvalue weighted by molar-refractivity contribution is -0.384. The number of hydrogen-bond donors (Lipinski definition) is 0. The van der Waals surface area contributed by atoms with Crippen LogP contribution in [0.15, 0.2) is 39.9 Å². The molecular formula is C21H22N4O4S2. The van der Waals surface area contributed by atoms with Gasteiger partial charge in [0.05, 0.1) is 4.92 Å². The molecule has 1 amide bonds. The van der Waals surface area contributed by atoms with Crippen LogP contribution in [-0.2, 0) is 9.59 Å². The Bertz CT molecular complexity index is 1110. The van der Waals surface area contributed by atoms with E-state index in [1.807, 2.05) is 20.8 Å². The molecule has 10 heteroatoms. The molecule has 2 aromatic rings. The van der Waals surface area contributed by atoms with Crippen molar-refractivity contribution in [2.24, 2.45) is 5.41 Å². The van der Waals surface area contributed by atoms with Gasteiger partial charge in [0.15, 0.2) is 10.1 Å². The van der Waals surface area contributed by atoms with E-state index < -0.39 is 10.8 Å². The third-order valence-corrected chi connectivity index (χ3v) is 7.41. The Morgan fingerprint density at radius 3 is 2.77 bits per heavy atom. The highest BCUT2D eigenvalue weighted by Gasteiger charge is 2.45. The number of rotatable bonds is 5. The number of aromatic nitrogens is 2. The number of allylic oxidation sites excluding steroid dienone is 2. The summed E-state index contributed by atoms with van der Waals surface area (Å²) >= 11 is 2.89. The molecule has 0 radical (unpaired) electrons. The molecule has 1 aromatic carbocycles. The zero-order valence-electron chi connectivity index (χ0n) is 17.5. The molecule has 0 N–H and O–H groups in total. The lowest BCUT2D eigenvalue weighted by Crippen LogP contribution is -2.43. The minimum absolute atomic E-state index is 0.0204. The molecule has 8 nitrogen and oxygen atoms in total. The lowest BCUT2D eigenvalue weighted by Gasteiger charge is -2.41. The van der Waals surface area contributed by atoms with E-state index in [1.165, 1.54) is 23.5 Å². The second kappa shape index (κ2) is 8.16. The minimum atomic E-state index is -0.500. The quantitative estimate of drug-likeness (QED) is 0.276. The molecule has 0 spiro atoms. The molecule has 0 fully saturated rings. The van der Waals surface area contributed by atoms with Crippen LogP contribution in [0.1, 0.15) is 51.5 Å². The van der Waals surface area contributed by atoms with Crippen LogP contribution in [0.5, 0.6) is 0 Å². The van der Waals surface area contributed by atoms with E-state index >= 15 is 0 Å². The van der Waals surface area contributed by atoms with Gasteiger partial charge in [-0.2, -0.15) is 0 Å². The first-order valence-electron chi connectivity index (χ1n) is 10.00. The molecule has 1 aliphatic carbocycles. The van der Waals surface area contributed by atoms with Crippen LogP contribution in [0, 0.1) is 15.5 Å². The van der Waals surface area contributed by atoms with Crippen LogP contribution in [0.4, 0.5) is 10.8 Å². The van der Waals surface area contributed by atoms with E-state index in [2.05, 4.69) is 10.2 Å². The standard InChI is InChI=1S/C21H22N4O4S2/c1-4-30-20-23-22-19(31-20)24-15-10-21(2,3)11-16(26)18(15)14(9-17(24)27)12-6-5-7-13(8-12)25(28)29/h5-8,14H,4,9-11H2,1-3H3/t14-/m1/s1. The van der Waals surface area contributed by atoms with Crippen molar-refractivity contribution in [3.63, 3.8) is 0 Å². The van der Waals surface area contributed by atoms with Crippen LogP contribution in [-0.4, -0.2) is 32.6 Å². The number of nitro groups is 1. The highest BCUT2D eigenvalue weighted by molar-refractivity contribution is 8.01. The fraction of sp³-hybridized carbons (Fsp3) is 0.429. The van der Waals surface area contributed by atoms with Gasteiger partial charge in [-0.25, -0.2) is 0 Å². The Morgan fingerprint density at radius 1 is 1.29 bits per heavy atom. The average Bonchev–Trinajstić information content (AvgIpc) is 3.14. The number of carbonyl (C=O) groups is 2. The van der Waals surface area contributed by atoms with Crippen LogP contribution >= 0.6 is 23.1 Å². The third-order valence-electron chi connectivity index (χ3n) is 5.48. The molecule has 0 saturated carbocycles. The molecule has 0 unspecified atom stereocenters. The van der Waals surface area contributed by atoms with E-state index in [1.54, 1.807) is 28.8 Å². The number of anilines is 1. The fourth-order valence-electron chi connectivity index (χ4n) is 4.25. The van der Waals surface area contributed by atoms with Crippen molar-refractivity contribution in [2.75, 3.05) is 10.7 Å². The topological polar surface area (TPSA) is 106 Å². The van der Waals surface area contributed by atoms with Crippen LogP contribution in [0.25, 0.3) is 0 Å². The number of amides is 1. The molecule has 2 aliphatic rings. The van der Waals surface area contributed by atoms with Gasteiger partial charge in [0, 0.05) is 42.2 Å². The Kier molecular flexibility index (Phi) is 5.69. The van der Waals surface area contributed by atoms with Gasteiger partial charge in [-0.3, -0.25) is 24.6 Å². The Morgan fingerprint density at radius 2 is 2.06 bits per heavy atom. The molecule has 1 aliphatic heterocycles. The predicted molar refractivity (Wildman–Crippen MR) is 119 cm³/mol. The molecule has 1 aromatic heterocycles. The summed E-state index contributed by atoms with van der Waals surface area (Å²) in [5.74, 6) is 0.147. The number of thioether (sulfide) groups is 1. The summed E-state index contributed by atoms with van der Waals surface area (Å²) in [6.07, 6.45) is 0.968. The normalized spacial score (nSPS) is 20.7. The summed E-state index contributed by atoms with van der Waals surface area (Å²) in [6, 6.07) is 6.22. The number of non-ortho nitro benzene ring substituents is 1. The molecule has 31 heavy (non-hydrogen) atoms. The molecular weight excluding hydrogens is 436 g/mol. The van der Waals surface area contributed by atoms with Gasteiger partial charge in [-0.05, 0) is 23.2 Å². The van der Waals surface area contributed by atoms with Crippen molar-refractivity contribution in [3.8, 4) is 0 Å². The third kappa shape index (κ3) is 4.14. The van der Waals surface area contributed by atoms with Gasteiger partial charge in [0.1, 0.15) is 0 Å². The first-order chi connectivity index (χ1) is 14.7. The maximum atomic E-state index is 13.3. The van der Waals surface area contributed by atoms with Gasteiger partial charge in [0.25, 0.3) is 5.69 Å². The predicted octanol–water partition coefficient (Wildman–Crippen LogP) is 4.72. The first kappa shape index (κ1) is 21.6. The van der Waals surface area contributed by atoms with Crippen LogP contribution < -0.4 is 4.90 Å². The monoisotopic (exact) mass is 458 g/mol. The number of nitrogens with zero attached hydrogens (tertiary/aromatic N) is 4. The highest BCUT2D eigenvalue weighted by Crippen LogP contribution is 2.49.